The molecule has 0 aromatic heterocycles. The minimum absolute atomic E-state index is 0.107. The lowest BCUT2D eigenvalue weighted by Crippen LogP contribution is -2.24. The third-order valence-electron chi connectivity index (χ3n) is 3.30. The Bertz CT molecular complexity index is 794. The van der Waals surface area contributed by atoms with Crippen LogP contribution in [0.2, 0.25) is 5.02 Å². The molecule has 2 N–H and O–H groups in total. The molecule has 0 radical (unpaired) electrons. The van der Waals surface area contributed by atoms with Gasteiger partial charge < -0.3 is 9.84 Å². The molecule has 0 fully saturated rings. The van der Waals surface area contributed by atoms with E-state index in [1.165, 1.54) is 6.21 Å². The highest BCUT2D eigenvalue weighted by atomic mass is 79.9. The third-order valence-corrected chi connectivity index (χ3v) is 4.04. The summed E-state index contributed by atoms with van der Waals surface area (Å²) in [5, 5.41) is 13.8. The largest absolute Gasteiger partial charge is 0.506 e. The molecule has 0 saturated carbocycles. The summed E-state index contributed by atoms with van der Waals surface area (Å²) in [6.07, 6.45) is 1.31. The van der Waals surface area contributed by atoms with Crippen LogP contribution in [0.25, 0.3) is 0 Å². The first kappa shape index (κ1) is 18.3. The van der Waals surface area contributed by atoms with Gasteiger partial charge in [0.1, 0.15) is 11.5 Å². The van der Waals surface area contributed by atoms with Gasteiger partial charge in [0.15, 0.2) is 6.61 Å². The van der Waals surface area contributed by atoms with E-state index in [4.69, 9.17) is 16.3 Å². The van der Waals surface area contributed by atoms with Crippen molar-refractivity contribution in [3.63, 3.8) is 0 Å². The first-order valence-electron chi connectivity index (χ1n) is 7.07. The second-order valence-electron chi connectivity index (χ2n) is 5.15. The number of benzene rings is 2. The Morgan fingerprint density at radius 2 is 2.08 bits per heavy atom. The van der Waals surface area contributed by atoms with E-state index in [1.54, 1.807) is 18.2 Å². The van der Waals surface area contributed by atoms with Gasteiger partial charge in [-0.2, -0.15) is 5.10 Å². The van der Waals surface area contributed by atoms with Crippen LogP contribution in [-0.2, 0) is 4.79 Å². The van der Waals surface area contributed by atoms with Crippen molar-refractivity contribution >= 4 is 39.7 Å². The van der Waals surface area contributed by atoms with Crippen molar-refractivity contribution < 1.29 is 14.6 Å². The normalized spacial score (nSPS) is 10.8. The summed E-state index contributed by atoms with van der Waals surface area (Å²) in [6.45, 7) is 3.82. The lowest BCUT2D eigenvalue weighted by molar-refractivity contribution is -0.123. The van der Waals surface area contributed by atoms with Gasteiger partial charge in [0.2, 0.25) is 0 Å². The number of carbonyl (C=O) groups is 1. The maximum absolute atomic E-state index is 11.7. The van der Waals surface area contributed by atoms with Crippen molar-refractivity contribution in [1.82, 2.24) is 5.43 Å². The van der Waals surface area contributed by atoms with Crippen molar-refractivity contribution in [3.05, 3.63) is 56.5 Å². The van der Waals surface area contributed by atoms with E-state index in [0.29, 0.717) is 15.8 Å². The van der Waals surface area contributed by atoms with Crippen molar-refractivity contribution in [3.8, 4) is 11.5 Å². The van der Waals surface area contributed by atoms with Gasteiger partial charge in [-0.25, -0.2) is 5.43 Å². The van der Waals surface area contributed by atoms with Gasteiger partial charge in [-0.3, -0.25) is 4.79 Å². The van der Waals surface area contributed by atoms with Crippen LogP contribution >= 0.6 is 27.5 Å². The van der Waals surface area contributed by atoms with Crippen LogP contribution in [-0.4, -0.2) is 23.8 Å². The average molecular weight is 412 g/mol. The molecule has 0 saturated heterocycles. The molecule has 0 unspecified atom stereocenters. The number of hydrazone groups is 1. The topological polar surface area (TPSA) is 70.9 Å². The van der Waals surface area contributed by atoms with Gasteiger partial charge in [-0.05, 0) is 49.2 Å². The highest BCUT2D eigenvalue weighted by Crippen LogP contribution is 2.30. The molecule has 0 aliphatic carbocycles. The smallest absolute Gasteiger partial charge is 0.277 e. The van der Waals surface area contributed by atoms with Crippen LogP contribution in [0.1, 0.15) is 16.7 Å². The molecule has 0 aliphatic rings. The quantitative estimate of drug-likeness (QED) is 0.578. The van der Waals surface area contributed by atoms with Crippen molar-refractivity contribution in [2.24, 2.45) is 5.10 Å². The molecule has 1 amide bonds. The summed E-state index contributed by atoms with van der Waals surface area (Å²) < 4.78 is 6.10. The number of aromatic hydroxyl groups is 1. The minimum Gasteiger partial charge on any atom is -0.506 e. The molecule has 0 atom stereocenters. The number of phenolic OH excluding ortho intramolecular Hbond substituents is 1. The van der Waals surface area contributed by atoms with E-state index < -0.39 is 5.91 Å². The number of ether oxygens (including phenoxy) is 1. The van der Waals surface area contributed by atoms with Crippen LogP contribution in [0.5, 0.6) is 11.5 Å². The molecular formula is C17H16BrClN2O3. The number of nitrogens with zero attached hydrogens (tertiary/aromatic N) is 1. The number of rotatable bonds is 5. The number of halogens is 2. The van der Waals surface area contributed by atoms with Gasteiger partial charge in [-0.1, -0.05) is 33.6 Å². The molecule has 2 aromatic rings. The number of aryl methyl sites for hydroxylation is 2. The fraction of sp³-hybridized carbons (Fsp3) is 0.176. The Labute approximate surface area is 153 Å². The third kappa shape index (κ3) is 4.97. The zero-order valence-electron chi connectivity index (χ0n) is 13.1. The Kier molecular flexibility index (Phi) is 6.23. The lowest BCUT2D eigenvalue weighted by Gasteiger charge is -2.07. The Balaban J connectivity index is 1.90. The summed E-state index contributed by atoms with van der Waals surface area (Å²) in [7, 11) is 0. The predicted molar refractivity (Wildman–Crippen MR) is 98.0 cm³/mol. The van der Waals surface area contributed by atoms with Crippen molar-refractivity contribution in [1.29, 1.82) is 0 Å². The molecule has 126 valence electrons. The second-order valence-corrected chi connectivity index (χ2v) is 6.48. The van der Waals surface area contributed by atoms with E-state index in [9.17, 15) is 9.90 Å². The minimum atomic E-state index is -0.412. The number of phenols is 1. The molecule has 0 bridgehead atoms. The Morgan fingerprint density at radius 3 is 2.79 bits per heavy atom. The molecule has 5 nitrogen and oxygen atoms in total. The molecule has 0 aliphatic heterocycles. The van der Waals surface area contributed by atoms with Crippen LogP contribution in [0, 0.1) is 13.8 Å². The van der Waals surface area contributed by atoms with Crippen LogP contribution in [0.4, 0.5) is 0 Å². The molecule has 2 aromatic carbocycles. The summed E-state index contributed by atoms with van der Waals surface area (Å²) in [5.41, 5.74) is 4.96. The van der Waals surface area contributed by atoms with Crippen LogP contribution < -0.4 is 10.2 Å². The van der Waals surface area contributed by atoms with E-state index in [0.717, 1.165) is 11.1 Å². The number of carbonyl (C=O) groups excluding carboxylic acids is 1. The van der Waals surface area contributed by atoms with E-state index in [-0.39, 0.29) is 17.4 Å². The summed E-state index contributed by atoms with van der Waals surface area (Å²) in [6, 6.07) is 8.79. The first-order valence-corrected chi connectivity index (χ1v) is 8.24. The molecule has 0 spiro atoms. The molecule has 2 rings (SSSR count). The fourth-order valence-electron chi connectivity index (χ4n) is 1.84. The number of amides is 1. The van der Waals surface area contributed by atoms with Gasteiger partial charge >= 0.3 is 0 Å². The second kappa shape index (κ2) is 8.17. The van der Waals surface area contributed by atoms with Gasteiger partial charge in [0, 0.05) is 10.0 Å². The SMILES string of the molecule is Cc1ccc(OCC(=O)NN=Cc2cc(Br)cc(Cl)c2O)cc1C. The summed E-state index contributed by atoms with van der Waals surface area (Å²) in [4.78, 5) is 11.7. The van der Waals surface area contributed by atoms with Gasteiger partial charge in [0.25, 0.3) is 5.91 Å². The highest BCUT2D eigenvalue weighted by Gasteiger charge is 2.06. The standard InChI is InChI=1S/C17H16BrClN2O3/c1-10-3-4-14(5-11(10)2)24-9-16(22)21-20-8-12-6-13(18)7-15(19)17(12)23/h3-8,23H,9H2,1-2H3,(H,21,22). The molecule has 24 heavy (non-hydrogen) atoms. The molecule has 0 heterocycles. The van der Waals surface area contributed by atoms with E-state index >= 15 is 0 Å². The maximum Gasteiger partial charge on any atom is 0.277 e. The van der Waals surface area contributed by atoms with E-state index in [1.807, 2.05) is 26.0 Å². The summed E-state index contributed by atoms with van der Waals surface area (Å²) in [5.74, 6) is 0.1000. The Hall–Kier alpha value is -2.05. The predicted octanol–water partition coefficient (Wildman–Crippen LogP) is 3.95. The fourth-order valence-corrected chi connectivity index (χ4v) is 2.68. The Morgan fingerprint density at radius 1 is 1.33 bits per heavy atom. The zero-order chi connectivity index (χ0) is 17.7. The van der Waals surface area contributed by atoms with Crippen LogP contribution in [0.3, 0.4) is 0 Å². The maximum atomic E-state index is 11.7. The molecular weight excluding hydrogens is 396 g/mol. The number of hydrogen-bond acceptors (Lipinski definition) is 4. The zero-order valence-corrected chi connectivity index (χ0v) is 15.5. The van der Waals surface area contributed by atoms with E-state index in [2.05, 4.69) is 26.5 Å². The van der Waals surface area contributed by atoms with Gasteiger partial charge in [-0.15, -0.1) is 0 Å². The number of nitrogens with one attached hydrogen (secondary N) is 1. The monoisotopic (exact) mass is 410 g/mol. The van der Waals surface area contributed by atoms with Crippen molar-refractivity contribution in [2.45, 2.75) is 13.8 Å². The van der Waals surface area contributed by atoms with Gasteiger partial charge in [0.05, 0.1) is 11.2 Å². The average Bonchev–Trinajstić information content (AvgIpc) is 2.53. The van der Waals surface area contributed by atoms with Crippen LogP contribution in [0.15, 0.2) is 39.9 Å². The summed E-state index contributed by atoms with van der Waals surface area (Å²) >= 11 is 9.12. The molecule has 7 heteroatoms. The first-order chi connectivity index (χ1) is 11.4. The highest BCUT2D eigenvalue weighted by molar-refractivity contribution is 9.10. The number of hydrogen-bond donors (Lipinski definition) is 2. The van der Waals surface area contributed by atoms with Crippen molar-refractivity contribution in [2.75, 3.05) is 6.61 Å². The lowest BCUT2D eigenvalue weighted by atomic mass is 10.1.